The van der Waals surface area contributed by atoms with Gasteiger partial charge in [0.2, 0.25) is 0 Å². The quantitative estimate of drug-likeness (QED) is 0.225. The van der Waals surface area contributed by atoms with Crippen molar-refractivity contribution in [1.29, 1.82) is 0 Å². The zero-order valence-corrected chi connectivity index (χ0v) is 11.9. The van der Waals surface area contributed by atoms with Crippen molar-refractivity contribution in [2.24, 2.45) is 0 Å². The number of carbonyl (C=O) groups is 2. The minimum absolute atomic E-state index is 0.374. The standard InChI is InChI=1S/C14H18O9/c15-6-9(16)10(17)11(18)14(22,12(19)20)13(21)23-7-8-4-2-1-3-5-8/h1-5,9-11,15-18,22H,6-7H2,(H,19,20)/t9-,10-,11+,14-/m1/s1. The van der Waals surface area contributed by atoms with Gasteiger partial charge in [0.05, 0.1) is 6.61 Å². The minimum Gasteiger partial charge on any atom is -0.479 e. The second kappa shape index (κ2) is 7.99. The summed E-state index contributed by atoms with van der Waals surface area (Å²) < 4.78 is 4.65. The Kier molecular flexibility index (Phi) is 6.61. The number of esters is 1. The zero-order chi connectivity index (χ0) is 17.6. The van der Waals surface area contributed by atoms with E-state index in [0.29, 0.717) is 5.56 Å². The van der Waals surface area contributed by atoms with Gasteiger partial charge in [0.25, 0.3) is 5.60 Å². The van der Waals surface area contributed by atoms with Gasteiger partial charge in [-0.25, -0.2) is 9.59 Å². The molecule has 0 aliphatic rings. The summed E-state index contributed by atoms with van der Waals surface area (Å²) in [7, 11) is 0. The molecular weight excluding hydrogens is 312 g/mol. The van der Waals surface area contributed by atoms with Gasteiger partial charge in [0.15, 0.2) is 0 Å². The third kappa shape index (κ3) is 4.24. The summed E-state index contributed by atoms with van der Waals surface area (Å²) in [5.74, 6) is -3.89. The van der Waals surface area contributed by atoms with Crippen LogP contribution >= 0.6 is 0 Å². The van der Waals surface area contributed by atoms with Crippen LogP contribution in [0.4, 0.5) is 0 Å². The molecule has 0 aliphatic heterocycles. The Bertz CT molecular complexity index is 532. The van der Waals surface area contributed by atoms with E-state index in [2.05, 4.69) is 4.74 Å². The molecule has 6 N–H and O–H groups in total. The second-order valence-electron chi connectivity index (χ2n) is 4.82. The van der Waals surface area contributed by atoms with Gasteiger partial charge in [0.1, 0.15) is 24.9 Å². The van der Waals surface area contributed by atoms with Crippen molar-refractivity contribution in [2.45, 2.75) is 30.5 Å². The van der Waals surface area contributed by atoms with Crippen LogP contribution in [-0.2, 0) is 20.9 Å². The lowest BCUT2D eigenvalue weighted by Crippen LogP contribution is -2.62. The number of carboxylic acid groups (broad SMARTS) is 1. The largest absolute Gasteiger partial charge is 0.479 e. The number of aliphatic carboxylic acids is 1. The number of hydrogen-bond donors (Lipinski definition) is 6. The monoisotopic (exact) mass is 330 g/mol. The summed E-state index contributed by atoms with van der Waals surface area (Å²) in [5.41, 5.74) is -3.01. The number of carbonyl (C=O) groups excluding carboxylic acids is 1. The van der Waals surface area contributed by atoms with E-state index in [1.807, 2.05) is 0 Å². The molecule has 0 saturated heterocycles. The van der Waals surface area contributed by atoms with E-state index in [1.165, 1.54) is 0 Å². The van der Waals surface area contributed by atoms with Crippen molar-refractivity contribution in [3.8, 4) is 0 Å². The second-order valence-corrected chi connectivity index (χ2v) is 4.82. The van der Waals surface area contributed by atoms with E-state index in [1.54, 1.807) is 30.3 Å². The first-order valence-electron chi connectivity index (χ1n) is 6.57. The fourth-order valence-corrected chi connectivity index (χ4v) is 1.73. The Morgan fingerprint density at radius 3 is 2.17 bits per heavy atom. The van der Waals surface area contributed by atoms with Crippen LogP contribution in [0.2, 0.25) is 0 Å². The molecule has 0 unspecified atom stereocenters. The molecule has 1 aromatic rings. The molecule has 0 aliphatic carbocycles. The van der Waals surface area contributed by atoms with Crippen LogP contribution < -0.4 is 0 Å². The molecule has 23 heavy (non-hydrogen) atoms. The molecule has 128 valence electrons. The molecule has 0 heterocycles. The maximum atomic E-state index is 11.9. The molecule has 1 aromatic carbocycles. The highest BCUT2D eigenvalue weighted by atomic mass is 16.6. The molecule has 0 aromatic heterocycles. The van der Waals surface area contributed by atoms with Gasteiger partial charge in [0, 0.05) is 0 Å². The summed E-state index contributed by atoms with van der Waals surface area (Å²) in [6.07, 6.45) is -6.87. The van der Waals surface area contributed by atoms with Gasteiger partial charge in [-0.15, -0.1) is 0 Å². The molecule has 0 spiro atoms. The number of aliphatic hydroxyl groups excluding tert-OH is 4. The third-order valence-corrected chi connectivity index (χ3v) is 3.18. The van der Waals surface area contributed by atoms with Gasteiger partial charge in [-0.05, 0) is 5.56 Å². The lowest BCUT2D eigenvalue weighted by molar-refractivity contribution is -0.207. The van der Waals surface area contributed by atoms with Crippen molar-refractivity contribution in [1.82, 2.24) is 0 Å². The Labute approximate surface area is 131 Å². The van der Waals surface area contributed by atoms with Crippen LogP contribution in [0, 0.1) is 0 Å². The summed E-state index contributed by atoms with van der Waals surface area (Å²) >= 11 is 0. The van der Waals surface area contributed by atoms with Crippen molar-refractivity contribution in [2.75, 3.05) is 6.61 Å². The maximum Gasteiger partial charge on any atom is 0.353 e. The zero-order valence-electron chi connectivity index (χ0n) is 11.9. The summed E-state index contributed by atoms with van der Waals surface area (Å²) in [5, 5.41) is 56.1. The van der Waals surface area contributed by atoms with Crippen molar-refractivity contribution in [3.63, 3.8) is 0 Å². The van der Waals surface area contributed by atoms with Crippen LogP contribution in [0.15, 0.2) is 30.3 Å². The normalized spacial score (nSPS) is 17.6. The highest BCUT2D eigenvalue weighted by molar-refractivity contribution is 6.03. The lowest BCUT2D eigenvalue weighted by Gasteiger charge is -2.31. The predicted molar refractivity (Wildman–Crippen MR) is 73.9 cm³/mol. The highest BCUT2D eigenvalue weighted by Gasteiger charge is 2.56. The number of hydrogen-bond acceptors (Lipinski definition) is 8. The Hall–Kier alpha value is -2.04. The summed E-state index contributed by atoms with van der Waals surface area (Å²) in [6, 6.07) is 8.14. The fourth-order valence-electron chi connectivity index (χ4n) is 1.73. The molecule has 0 saturated carbocycles. The van der Waals surface area contributed by atoms with Crippen LogP contribution in [0.3, 0.4) is 0 Å². The average molecular weight is 330 g/mol. The molecule has 9 heteroatoms. The average Bonchev–Trinajstić information content (AvgIpc) is 2.57. The van der Waals surface area contributed by atoms with Gasteiger partial charge in [-0.3, -0.25) is 0 Å². The van der Waals surface area contributed by atoms with E-state index >= 15 is 0 Å². The molecule has 0 radical (unpaired) electrons. The van der Waals surface area contributed by atoms with Crippen molar-refractivity contribution in [3.05, 3.63) is 35.9 Å². The van der Waals surface area contributed by atoms with Crippen molar-refractivity contribution >= 4 is 11.9 Å². The van der Waals surface area contributed by atoms with Gasteiger partial charge in [-0.1, -0.05) is 30.3 Å². The Balaban J connectivity index is 2.90. The first kappa shape index (κ1) is 19.0. The molecule has 4 atom stereocenters. The van der Waals surface area contributed by atoms with Crippen LogP contribution in [-0.4, -0.2) is 73.1 Å². The first-order chi connectivity index (χ1) is 10.7. The van der Waals surface area contributed by atoms with Crippen molar-refractivity contribution < 1.29 is 45.0 Å². The third-order valence-electron chi connectivity index (χ3n) is 3.18. The first-order valence-corrected chi connectivity index (χ1v) is 6.57. The van der Waals surface area contributed by atoms with Crippen LogP contribution in [0.25, 0.3) is 0 Å². The Morgan fingerprint density at radius 1 is 1.13 bits per heavy atom. The van der Waals surface area contributed by atoms with Crippen LogP contribution in [0.5, 0.6) is 0 Å². The predicted octanol–water partition coefficient (Wildman–Crippen LogP) is -2.38. The number of ether oxygens (including phenoxy) is 1. The summed E-state index contributed by atoms with van der Waals surface area (Å²) in [6.45, 7) is -1.40. The van der Waals surface area contributed by atoms with E-state index in [9.17, 15) is 30.0 Å². The highest BCUT2D eigenvalue weighted by Crippen LogP contribution is 2.20. The number of aliphatic hydroxyl groups is 5. The van der Waals surface area contributed by atoms with E-state index in [4.69, 9.17) is 10.2 Å². The molecule has 9 nitrogen and oxygen atoms in total. The number of benzene rings is 1. The summed E-state index contributed by atoms with van der Waals surface area (Å²) in [4.78, 5) is 23.0. The molecule has 0 fully saturated rings. The molecule has 0 amide bonds. The van der Waals surface area contributed by atoms with E-state index < -0.39 is 42.5 Å². The van der Waals surface area contributed by atoms with E-state index in [0.717, 1.165) is 0 Å². The van der Waals surface area contributed by atoms with Gasteiger partial charge >= 0.3 is 11.9 Å². The molecular formula is C14H18O9. The smallest absolute Gasteiger partial charge is 0.353 e. The van der Waals surface area contributed by atoms with Crippen LogP contribution in [0.1, 0.15) is 5.56 Å². The number of carboxylic acids is 1. The SMILES string of the molecule is O=C(O)[C@@](O)(C(=O)OCc1ccccc1)[C@@H](O)[C@H](O)[C@H](O)CO. The Morgan fingerprint density at radius 2 is 1.70 bits per heavy atom. The van der Waals surface area contributed by atoms with Gasteiger partial charge in [-0.2, -0.15) is 0 Å². The van der Waals surface area contributed by atoms with Gasteiger partial charge < -0.3 is 35.4 Å². The lowest BCUT2D eigenvalue weighted by atomic mass is 9.90. The number of rotatable bonds is 8. The molecule has 0 bridgehead atoms. The fraction of sp³-hybridized carbons (Fsp3) is 0.429. The maximum absolute atomic E-state index is 11.9. The van der Waals surface area contributed by atoms with E-state index in [-0.39, 0.29) is 6.61 Å². The topological polar surface area (TPSA) is 165 Å². The molecule has 1 rings (SSSR count). The minimum atomic E-state index is -3.51.